The van der Waals surface area contributed by atoms with Crippen LogP contribution in [-0.2, 0) is 0 Å². The van der Waals surface area contributed by atoms with Crippen LogP contribution in [0, 0.1) is 13.8 Å². The molecule has 54 heavy (non-hydrogen) atoms. The summed E-state index contributed by atoms with van der Waals surface area (Å²) in [4.78, 5) is 46.2. The summed E-state index contributed by atoms with van der Waals surface area (Å²) in [6, 6.07) is 19.1. The fourth-order valence-electron chi connectivity index (χ4n) is 7.55. The van der Waals surface area contributed by atoms with E-state index in [4.69, 9.17) is 9.97 Å². The van der Waals surface area contributed by atoms with Gasteiger partial charge in [0.05, 0.1) is 28.5 Å². The third kappa shape index (κ3) is 6.63. The number of rotatable bonds is 4. The van der Waals surface area contributed by atoms with Crippen LogP contribution < -0.4 is 26.7 Å². The molecule has 13 nitrogen and oxygen atoms in total. The number of hydrogen-bond acceptors (Lipinski definition) is 9. The minimum atomic E-state index is -0.0774. The quantitative estimate of drug-likeness (QED) is 0.270. The molecule has 2 N–H and O–H groups in total. The Morgan fingerprint density at radius 1 is 0.574 bits per heavy atom. The largest absolute Gasteiger partial charge is 0.368 e. The van der Waals surface area contributed by atoms with Gasteiger partial charge in [-0.05, 0) is 93.7 Å². The molecule has 0 bridgehead atoms. The summed E-state index contributed by atoms with van der Waals surface area (Å²) in [5.41, 5.74) is 10.2. The van der Waals surface area contributed by atoms with Crippen molar-refractivity contribution < 1.29 is 0 Å². The zero-order valence-corrected chi connectivity index (χ0v) is 30.3. The minimum absolute atomic E-state index is 0.0508. The molecule has 13 heteroatoms. The Kier molecular flexibility index (Phi) is 8.72. The van der Waals surface area contributed by atoms with Gasteiger partial charge in [0.1, 0.15) is 22.6 Å². The summed E-state index contributed by atoms with van der Waals surface area (Å²) < 4.78 is 7.22. The van der Waals surface area contributed by atoms with E-state index in [9.17, 15) is 9.59 Å². The fourth-order valence-corrected chi connectivity index (χ4v) is 7.55. The molecule has 272 valence electrons. The summed E-state index contributed by atoms with van der Waals surface area (Å²) in [7, 11) is 0. The molecular weight excluding hydrogens is 679 g/mol. The number of anilines is 1. The predicted octanol–water partition coefficient (Wildman–Crippen LogP) is 4.51. The van der Waals surface area contributed by atoms with E-state index in [2.05, 4.69) is 31.6 Å². The molecule has 0 radical (unpaired) electrons. The maximum absolute atomic E-state index is 12.8. The van der Waals surface area contributed by atoms with Gasteiger partial charge in [-0.3, -0.25) is 18.4 Å². The van der Waals surface area contributed by atoms with Crippen molar-refractivity contribution in [3.05, 3.63) is 136 Å². The van der Waals surface area contributed by atoms with Gasteiger partial charge in [-0.1, -0.05) is 6.07 Å². The number of piperidine rings is 1. The molecule has 0 unspecified atom stereocenters. The minimum Gasteiger partial charge on any atom is -0.368 e. The molecule has 0 amide bonds. The Hall–Kier alpha value is -6.18. The van der Waals surface area contributed by atoms with Gasteiger partial charge in [0, 0.05) is 86.6 Å². The Morgan fingerprint density at radius 3 is 1.70 bits per heavy atom. The second kappa shape index (κ2) is 14.0. The number of pyridine rings is 4. The molecule has 8 aromatic heterocycles. The van der Waals surface area contributed by atoms with Gasteiger partial charge >= 0.3 is 0 Å². The smallest absolute Gasteiger partial charge is 0.258 e. The molecule has 0 aliphatic carbocycles. The van der Waals surface area contributed by atoms with Crippen LogP contribution in [0.3, 0.4) is 0 Å². The Balaban J connectivity index is 0.000000142. The molecule has 10 heterocycles. The van der Waals surface area contributed by atoms with Gasteiger partial charge in [-0.2, -0.15) is 0 Å². The molecule has 0 spiro atoms. The lowest BCUT2D eigenvalue weighted by atomic mass is 9.91. The van der Waals surface area contributed by atoms with Crippen LogP contribution >= 0.6 is 0 Å². The summed E-state index contributed by atoms with van der Waals surface area (Å²) in [5, 5.41) is 6.73. The van der Waals surface area contributed by atoms with Crippen LogP contribution in [0.4, 0.5) is 5.69 Å². The molecule has 0 atom stereocenters. The first-order valence-corrected chi connectivity index (χ1v) is 18.5. The van der Waals surface area contributed by atoms with Crippen LogP contribution in [0.1, 0.15) is 35.7 Å². The predicted molar refractivity (Wildman–Crippen MR) is 211 cm³/mol. The topological polar surface area (TPSA) is 131 Å². The average Bonchev–Trinajstić information content (AvgIpc) is 3.78. The SMILES string of the molecule is Cc1cn2ccc(-c3cc(=O)n4cc(C5CCNCC5)ccc4n3)cc2n1.Cc1cn2ccc(-c3cc(=O)n4cc(N5CCNCC5)ccc4n3)cc2n1. The summed E-state index contributed by atoms with van der Waals surface area (Å²) in [6.45, 7) is 9.79. The lowest BCUT2D eigenvalue weighted by molar-refractivity contribution is 0.459. The van der Waals surface area contributed by atoms with E-state index in [-0.39, 0.29) is 11.1 Å². The zero-order valence-electron chi connectivity index (χ0n) is 30.3. The number of fused-ring (bicyclic) bond motifs is 4. The number of piperazine rings is 1. The maximum atomic E-state index is 12.8. The molecule has 0 saturated carbocycles. The molecule has 8 aromatic rings. The molecule has 0 aromatic carbocycles. The lowest BCUT2D eigenvalue weighted by Crippen LogP contribution is -2.43. The number of imidazole rings is 2. The number of aromatic nitrogens is 8. The second-order valence-electron chi connectivity index (χ2n) is 14.2. The van der Waals surface area contributed by atoms with E-state index in [1.807, 2.05) is 102 Å². The van der Waals surface area contributed by atoms with Crippen LogP contribution in [0.5, 0.6) is 0 Å². The van der Waals surface area contributed by atoms with Gasteiger partial charge < -0.3 is 24.3 Å². The van der Waals surface area contributed by atoms with Gasteiger partial charge in [0.15, 0.2) is 0 Å². The van der Waals surface area contributed by atoms with Crippen molar-refractivity contribution in [2.45, 2.75) is 32.6 Å². The van der Waals surface area contributed by atoms with E-state index < -0.39 is 0 Å². The number of hydrogen-bond donors (Lipinski definition) is 2. The van der Waals surface area contributed by atoms with Crippen LogP contribution in [0.2, 0.25) is 0 Å². The van der Waals surface area contributed by atoms with Crippen molar-refractivity contribution in [2.75, 3.05) is 44.2 Å². The van der Waals surface area contributed by atoms with Gasteiger partial charge in [0.25, 0.3) is 11.1 Å². The van der Waals surface area contributed by atoms with Gasteiger partial charge in [0.2, 0.25) is 0 Å². The zero-order chi connectivity index (χ0) is 36.8. The monoisotopic (exact) mass is 719 g/mol. The van der Waals surface area contributed by atoms with E-state index in [0.29, 0.717) is 28.6 Å². The Bertz CT molecular complexity index is 2590. The third-order valence-electron chi connectivity index (χ3n) is 10.4. The van der Waals surface area contributed by atoms with Gasteiger partial charge in [-0.15, -0.1) is 0 Å². The lowest BCUT2D eigenvalue weighted by Gasteiger charge is -2.29. The van der Waals surface area contributed by atoms with Crippen molar-refractivity contribution in [3.63, 3.8) is 0 Å². The number of aryl methyl sites for hydroxylation is 2. The van der Waals surface area contributed by atoms with Crippen molar-refractivity contribution in [1.82, 2.24) is 48.2 Å². The van der Waals surface area contributed by atoms with Crippen molar-refractivity contribution in [1.29, 1.82) is 0 Å². The van der Waals surface area contributed by atoms with Crippen LogP contribution in [0.15, 0.2) is 107 Å². The molecule has 2 aliphatic heterocycles. The second-order valence-corrected chi connectivity index (χ2v) is 14.2. The third-order valence-corrected chi connectivity index (χ3v) is 10.4. The summed E-state index contributed by atoms with van der Waals surface area (Å²) >= 11 is 0. The molecular formula is C41H41N11O2. The Labute approximate surface area is 310 Å². The van der Waals surface area contributed by atoms with Crippen molar-refractivity contribution in [3.8, 4) is 22.5 Å². The number of nitrogens with one attached hydrogen (secondary N) is 2. The maximum Gasteiger partial charge on any atom is 0.258 e. The first-order valence-electron chi connectivity index (χ1n) is 18.5. The highest BCUT2D eigenvalue weighted by Gasteiger charge is 2.17. The first kappa shape index (κ1) is 33.6. The summed E-state index contributed by atoms with van der Waals surface area (Å²) in [6.07, 6.45) is 13.9. The van der Waals surface area contributed by atoms with E-state index in [0.717, 1.165) is 91.6 Å². The molecule has 2 saturated heterocycles. The van der Waals surface area contributed by atoms with Crippen molar-refractivity contribution >= 4 is 28.3 Å². The molecule has 2 aliphatic rings. The molecule has 2 fully saturated rings. The standard InChI is InChI=1S/C21H21N5O.C20H20N6O/c1-14-12-25-9-6-16(10-20(25)23-14)18-11-21(27)26-13-17(2-3-19(26)24-18)15-4-7-22-8-5-15;1-14-12-25-7-4-15(10-19(25)22-14)17-11-20(27)26-13-16(2-3-18(26)23-17)24-8-5-21-6-9-24/h2-3,6,9-13,15,22H,4-5,7-8H2,1H3;2-4,7,10-13,21H,5-6,8-9H2,1H3. The fraction of sp³-hybridized carbons (Fsp3) is 0.268. The normalized spacial score (nSPS) is 15.3. The van der Waals surface area contributed by atoms with Crippen LogP contribution in [0.25, 0.3) is 45.1 Å². The van der Waals surface area contributed by atoms with Crippen LogP contribution in [-0.4, -0.2) is 76.8 Å². The highest BCUT2D eigenvalue weighted by molar-refractivity contribution is 5.67. The Morgan fingerprint density at radius 2 is 1.11 bits per heavy atom. The highest BCUT2D eigenvalue weighted by Crippen LogP contribution is 2.26. The van der Waals surface area contributed by atoms with E-state index in [1.54, 1.807) is 20.9 Å². The van der Waals surface area contributed by atoms with E-state index in [1.165, 1.54) is 5.56 Å². The van der Waals surface area contributed by atoms with Crippen molar-refractivity contribution in [2.24, 2.45) is 0 Å². The first-order chi connectivity index (χ1) is 26.3. The van der Waals surface area contributed by atoms with E-state index >= 15 is 0 Å². The number of nitrogens with zero attached hydrogens (tertiary/aromatic N) is 9. The summed E-state index contributed by atoms with van der Waals surface area (Å²) in [5.74, 6) is 0.508. The average molecular weight is 720 g/mol. The highest BCUT2D eigenvalue weighted by atomic mass is 16.1. The van der Waals surface area contributed by atoms with Gasteiger partial charge in [-0.25, -0.2) is 19.9 Å². The molecule has 10 rings (SSSR count).